The summed E-state index contributed by atoms with van der Waals surface area (Å²) in [4.78, 5) is 12.2. The lowest BCUT2D eigenvalue weighted by molar-refractivity contribution is -0.160. The second-order valence-corrected chi connectivity index (χ2v) is 3.51. The molecule has 7 heteroatoms. The highest BCUT2D eigenvalue weighted by Gasteiger charge is 2.32. The first kappa shape index (κ1) is 16.2. The van der Waals surface area contributed by atoms with E-state index in [2.05, 4.69) is 5.32 Å². The Bertz CT molecular complexity index is 222. The third-order valence-electron chi connectivity index (χ3n) is 1.97. The fourth-order valence-corrected chi connectivity index (χ4v) is 1.27. The maximum Gasteiger partial charge on any atom is 0.406 e. The molecule has 0 aliphatic rings. The fraction of sp³-hybridized carbons (Fsp3) is 0.900. The van der Waals surface area contributed by atoms with Gasteiger partial charge in [0.1, 0.15) is 6.54 Å². The van der Waals surface area contributed by atoms with Crippen molar-refractivity contribution < 1.29 is 22.7 Å². The summed E-state index contributed by atoms with van der Waals surface area (Å²) in [6.45, 7) is 1.44. The Morgan fingerprint density at radius 2 is 2.06 bits per heavy atom. The van der Waals surface area contributed by atoms with Gasteiger partial charge in [-0.1, -0.05) is 0 Å². The zero-order valence-corrected chi connectivity index (χ0v) is 10.1. The number of hydrogen-bond donors (Lipinski definition) is 1. The number of likely N-dealkylation sites (N-methyl/N-ethyl adjacent to an activating group) is 1. The van der Waals surface area contributed by atoms with Crippen molar-refractivity contribution in [3.8, 4) is 0 Å². The van der Waals surface area contributed by atoms with Crippen molar-refractivity contribution >= 4 is 5.91 Å². The van der Waals surface area contributed by atoms with Crippen LogP contribution in [-0.2, 0) is 9.53 Å². The van der Waals surface area contributed by atoms with Gasteiger partial charge in [-0.2, -0.15) is 13.2 Å². The lowest BCUT2D eigenvalue weighted by Gasteiger charge is -2.23. The van der Waals surface area contributed by atoms with Crippen molar-refractivity contribution in [3.63, 3.8) is 0 Å². The number of hydrogen-bond acceptors (Lipinski definition) is 3. The Balaban J connectivity index is 4.16. The molecule has 0 radical (unpaired) electrons. The van der Waals surface area contributed by atoms with Gasteiger partial charge in [-0.05, 0) is 20.4 Å². The third kappa shape index (κ3) is 8.93. The summed E-state index contributed by atoms with van der Waals surface area (Å²) in [5, 5.41) is 2.55. The highest BCUT2D eigenvalue weighted by Crippen LogP contribution is 2.16. The summed E-state index contributed by atoms with van der Waals surface area (Å²) < 4.78 is 41.7. The molecule has 0 bridgehead atoms. The number of amides is 1. The van der Waals surface area contributed by atoms with Crippen LogP contribution < -0.4 is 5.32 Å². The van der Waals surface area contributed by atoms with E-state index in [1.165, 1.54) is 7.05 Å². The Kier molecular flexibility index (Phi) is 7.90. The van der Waals surface area contributed by atoms with Crippen molar-refractivity contribution in [1.29, 1.82) is 0 Å². The molecule has 0 rings (SSSR count). The van der Waals surface area contributed by atoms with Gasteiger partial charge in [0.2, 0.25) is 5.91 Å². The van der Waals surface area contributed by atoms with Gasteiger partial charge in [0.25, 0.3) is 0 Å². The molecule has 0 aliphatic carbocycles. The minimum Gasteiger partial charge on any atom is -0.382 e. The molecule has 0 saturated heterocycles. The number of carbonyl (C=O) groups is 1. The summed E-state index contributed by atoms with van der Waals surface area (Å²) in [7, 11) is 1.52. The Labute approximate surface area is 99.1 Å². The maximum absolute atomic E-state index is 12.2. The summed E-state index contributed by atoms with van der Waals surface area (Å²) in [6.07, 6.45) is -3.96. The van der Waals surface area contributed by atoms with E-state index in [1.54, 1.807) is 6.92 Å². The number of nitrogens with one attached hydrogen (secondary N) is 1. The van der Waals surface area contributed by atoms with Gasteiger partial charge in [0, 0.05) is 19.8 Å². The van der Waals surface area contributed by atoms with Crippen molar-refractivity contribution in [3.05, 3.63) is 0 Å². The molecule has 0 atom stereocenters. The first-order valence-electron chi connectivity index (χ1n) is 5.47. The van der Waals surface area contributed by atoms with Crippen LogP contribution in [0.2, 0.25) is 0 Å². The van der Waals surface area contributed by atoms with Crippen molar-refractivity contribution in [2.75, 3.05) is 39.9 Å². The van der Waals surface area contributed by atoms with Crippen LogP contribution in [0.3, 0.4) is 0 Å². The van der Waals surface area contributed by atoms with Crippen LogP contribution in [0.5, 0.6) is 0 Å². The molecule has 0 heterocycles. The summed E-state index contributed by atoms with van der Waals surface area (Å²) in [5.74, 6) is -0.554. The SMILES string of the molecule is CCOCCCN(CC(F)(F)F)C(=O)CNC. The second-order valence-electron chi connectivity index (χ2n) is 3.51. The minimum atomic E-state index is -4.37. The van der Waals surface area contributed by atoms with Crippen LogP contribution in [0, 0.1) is 0 Å². The van der Waals surface area contributed by atoms with Crippen LogP contribution in [0.15, 0.2) is 0 Å². The highest BCUT2D eigenvalue weighted by atomic mass is 19.4. The van der Waals surface area contributed by atoms with Crippen LogP contribution in [0.25, 0.3) is 0 Å². The average Bonchev–Trinajstić information content (AvgIpc) is 2.21. The number of carbonyl (C=O) groups excluding carboxylic acids is 1. The zero-order valence-electron chi connectivity index (χ0n) is 10.1. The van der Waals surface area contributed by atoms with Crippen molar-refractivity contribution in [2.24, 2.45) is 0 Å². The lowest BCUT2D eigenvalue weighted by atomic mass is 10.3. The van der Waals surface area contributed by atoms with E-state index in [9.17, 15) is 18.0 Å². The molecular weight excluding hydrogens is 237 g/mol. The fourth-order valence-electron chi connectivity index (χ4n) is 1.27. The van der Waals surface area contributed by atoms with Crippen LogP contribution in [-0.4, -0.2) is 56.9 Å². The summed E-state index contributed by atoms with van der Waals surface area (Å²) >= 11 is 0. The Morgan fingerprint density at radius 3 is 2.53 bits per heavy atom. The predicted molar refractivity (Wildman–Crippen MR) is 57.7 cm³/mol. The maximum atomic E-state index is 12.2. The molecule has 0 fully saturated rings. The molecule has 0 spiro atoms. The molecule has 0 aliphatic heterocycles. The van der Waals surface area contributed by atoms with E-state index in [4.69, 9.17) is 4.74 Å². The van der Waals surface area contributed by atoms with Gasteiger partial charge in [0.15, 0.2) is 0 Å². The monoisotopic (exact) mass is 256 g/mol. The normalized spacial score (nSPS) is 11.6. The molecule has 0 unspecified atom stereocenters. The lowest BCUT2D eigenvalue weighted by Crippen LogP contribution is -2.43. The van der Waals surface area contributed by atoms with Gasteiger partial charge in [-0.15, -0.1) is 0 Å². The van der Waals surface area contributed by atoms with Gasteiger partial charge >= 0.3 is 6.18 Å². The Hall–Kier alpha value is -0.820. The Morgan fingerprint density at radius 1 is 1.41 bits per heavy atom. The molecule has 17 heavy (non-hydrogen) atoms. The quantitative estimate of drug-likeness (QED) is 0.659. The first-order chi connectivity index (χ1) is 7.90. The van der Waals surface area contributed by atoms with Crippen molar-refractivity contribution in [1.82, 2.24) is 10.2 Å². The van der Waals surface area contributed by atoms with Gasteiger partial charge in [-0.3, -0.25) is 4.79 Å². The topological polar surface area (TPSA) is 41.6 Å². The minimum absolute atomic E-state index is 0.0556. The number of nitrogens with zero attached hydrogens (tertiary/aromatic N) is 1. The molecule has 4 nitrogen and oxygen atoms in total. The number of alkyl halides is 3. The smallest absolute Gasteiger partial charge is 0.382 e. The van der Waals surface area contributed by atoms with Crippen LogP contribution in [0.4, 0.5) is 13.2 Å². The number of halogens is 3. The molecule has 0 aromatic carbocycles. The standard InChI is InChI=1S/C10H19F3N2O2/c1-3-17-6-4-5-15(8-10(11,12)13)9(16)7-14-2/h14H,3-8H2,1-2H3. The van der Waals surface area contributed by atoms with E-state index in [-0.39, 0.29) is 13.1 Å². The molecule has 102 valence electrons. The van der Waals surface area contributed by atoms with Gasteiger partial charge < -0.3 is 15.0 Å². The highest BCUT2D eigenvalue weighted by molar-refractivity contribution is 5.78. The van der Waals surface area contributed by atoms with E-state index in [0.29, 0.717) is 19.6 Å². The van der Waals surface area contributed by atoms with E-state index < -0.39 is 18.6 Å². The first-order valence-corrected chi connectivity index (χ1v) is 5.47. The molecule has 0 aromatic heterocycles. The molecule has 1 N–H and O–H groups in total. The van der Waals surface area contributed by atoms with Crippen molar-refractivity contribution in [2.45, 2.75) is 19.5 Å². The van der Waals surface area contributed by atoms with Crippen LogP contribution >= 0.6 is 0 Å². The number of ether oxygens (including phenoxy) is 1. The third-order valence-corrected chi connectivity index (χ3v) is 1.97. The summed E-state index contributed by atoms with van der Waals surface area (Å²) in [6, 6.07) is 0. The molecular formula is C10H19F3N2O2. The van der Waals surface area contributed by atoms with Gasteiger partial charge in [-0.25, -0.2) is 0 Å². The average molecular weight is 256 g/mol. The predicted octanol–water partition coefficient (Wildman–Crippen LogP) is 1.02. The molecule has 0 aromatic rings. The van der Waals surface area contributed by atoms with E-state index >= 15 is 0 Å². The zero-order chi connectivity index (χ0) is 13.3. The van der Waals surface area contributed by atoms with E-state index in [1.807, 2.05) is 0 Å². The summed E-state index contributed by atoms with van der Waals surface area (Å²) in [5.41, 5.74) is 0. The van der Waals surface area contributed by atoms with Gasteiger partial charge in [0.05, 0.1) is 6.54 Å². The largest absolute Gasteiger partial charge is 0.406 e. The number of rotatable bonds is 8. The molecule has 0 saturated carbocycles. The van der Waals surface area contributed by atoms with E-state index in [0.717, 1.165) is 4.90 Å². The second kappa shape index (κ2) is 8.30. The van der Waals surface area contributed by atoms with Crippen LogP contribution in [0.1, 0.15) is 13.3 Å². The molecule has 1 amide bonds.